The van der Waals surface area contributed by atoms with Crippen molar-refractivity contribution in [1.82, 2.24) is 4.98 Å². The van der Waals surface area contributed by atoms with Gasteiger partial charge in [-0.3, -0.25) is 4.98 Å². The lowest BCUT2D eigenvalue weighted by atomic mass is 9.82. The average Bonchev–Trinajstić information content (AvgIpc) is 2.64. The van der Waals surface area contributed by atoms with Gasteiger partial charge in [-0.05, 0) is 70.3 Å². The van der Waals surface area contributed by atoms with Gasteiger partial charge in [0, 0.05) is 18.0 Å². The van der Waals surface area contributed by atoms with Crippen molar-refractivity contribution < 1.29 is 0 Å². The van der Waals surface area contributed by atoms with E-state index in [0.29, 0.717) is 0 Å². The fourth-order valence-corrected chi connectivity index (χ4v) is 4.21. The molecule has 1 heterocycles. The topological polar surface area (TPSA) is 12.9 Å². The van der Waals surface area contributed by atoms with Crippen molar-refractivity contribution in [2.75, 3.05) is 0 Å². The first-order chi connectivity index (χ1) is 12.2. The molecule has 1 aromatic heterocycles. The summed E-state index contributed by atoms with van der Waals surface area (Å²) in [5.41, 5.74) is 10.5. The van der Waals surface area contributed by atoms with Crippen LogP contribution in [0.4, 0.5) is 0 Å². The fraction of sp³-hybridized carbons (Fsp3) is 0.125. The quantitative estimate of drug-likeness (QED) is 0.364. The molecular weight excluding hydrogens is 302 g/mol. The van der Waals surface area contributed by atoms with E-state index in [0.717, 1.165) is 6.42 Å². The highest BCUT2D eigenvalue weighted by atomic mass is 14.7. The summed E-state index contributed by atoms with van der Waals surface area (Å²) in [6.45, 7) is 4.43. The molecule has 4 aromatic rings. The molecule has 0 N–H and O–H groups in total. The molecule has 0 unspecified atom stereocenters. The monoisotopic (exact) mass is 321 g/mol. The van der Waals surface area contributed by atoms with Gasteiger partial charge in [-0.25, -0.2) is 0 Å². The molecular formula is C24H19N. The van der Waals surface area contributed by atoms with Gasteiger partial charge in [0.2, 0.25) is 0 Å². The van der Waals surface area contributed by atoms with E-state index >= 15 is 0 Å². The standard InChI is InChI=1S/C24H19N/c1-15-7-3-5-9-18(15)21-14-22-20-10-6-4-8-17(20)13-23-24(22)19(16(21)2)11-12-25-23/h3-12,14H,13H2,1-2H3. The normalized spacial score (nSPS) is 12.2. The Kier molecular flexibility index (Phi) is 3.05. The second-order valence-electron chi connectivity index (χ2n) is 6.93. The van der Waals surface area contributed by atoms with Gasteiger partial charge in [0.05, 0.1) is 5.69 Å². The Morgan fingerprint density at radius 3 is 2.36 bits per heavy atom. The first-order valence-corrected chi connectivity index (χ1v) is 8.79. The van der Waals surface area contributed by atoms with Gasteiger partial charge >= 0.3 is 0 Å². The molecule has 0 atom stereocenters. The maximum Gasteiger partial charge on any atom is 0.0532 e. The van der Waals surface area contributed by atoms with E-state index in [1.54, 1.807) is 0 Å². The molecule has 0 saturated carbocycles. The molecule has 0 bridgehead atoms. The summed E-state index contributed by atoms with van der Waals surface area (Å²) >= 11 is 0. The Hall–Kier alpha value is -2.93. The van der Waals surface area contributed by atoms with Crippen LogP contribution in [0.2, 0.25) is 0 Å². The van der Waals surface area contributed by atoms with E-state index in [4.69, 9.17) is 4.98 Å². The van der Waals surface area contributed by atoms with E-state index < -0.39 is 0 Å². The second kappa shape index (κ2) is 5.29. The Bertz CT molecular complexity index is 1140. The fourth-order valence-electron chi connectivity index (χ4n) is 4.21. The van der Waals surface area contributed by atoms with Gasteiger partial charge in [0.15, 0.2) is 0 Å². The Morgan fingerprint density at radius 2 is 1.52 bits per heavy atom. The van der Waals surface area contributed by atoms with E-state index in [-0.39, 0.29) is 0 Å². The molecule has 1 aliphatic carbocycles. The Labute approximate surface area is 148 Å². The molecule has 1 aliphatic rings. The number of hydrogen-bond acceptors (Lipinski definition) is 1. The predicted molar refractivity (Wildman–Crippen MR) is 105 cm³/mol. The van der Waals surface area contributed by atoms with Crippen molar-refractivity contribution in [3.05, 3.63) is 89.2 Å². The van der Waals surface area contributed by atoms with Gasteiger partial charge in [-0.1, -0.05) is 48.5 Å². The van der Waals surface area contributed by atoms with Crippen LogP contribution in [0.5, 0.6) is 0 Å². The first-order valence-electron chi connectivity index (χ1n) is 8.79. The van der Waals surface area contributed by atoms with Crippen LogP contribution in [-0.2, 0) is 6.42 Å². The van der Waals surface area contributed by atoms with Gasteiger partial charge in [-0.15, -0.1) is 0 Å². The molecule has 3 aromatic carbocycles. The molecule has 0 fully saturated rings. The number of aryl methyl sites for hydroxylation is 2. The minimum Gasteiger partial charge on any atom is -0.260 e. The number of rotatable bonds is 1. The Morgan fingerprint density at radius 1 is 0.760 bits per heavy atom. The maximum atomic E-state index is 4.70. The maximum absolute atomic E-state index is 4.70. The highest BCUT2D eigenvalue weighted by molar-refractivity contribution is 6.06. The van der Waals surface area contributed by atoms with Crippen molar-refractivity contribution in [3.63, 3.8) is 0 Å². The van der Waals surface area contributed by atoms with Gasteiger partial charge in [0.25, 0.3) is 0 Å². The summed E-state index contributed by atoms with van der Waals surface area (Å²) in [7, 11) is 0. The summed E-state index contributed by atoms with van der Waals surface area (Å²) in [4.78, 5) is 4.70. The SMILES string of the molecule is Cc1ccccc1-c1cc2c3c(nccc3c1C)Cc1ccccc1-2. The van der Waals surface area contributed by atoms with Gasteiger partial charge in [0.1, 0.15) is 0 Å². The zero-order chi connectivity index (χ0) is 17.0. The van der Waals surface area contributed by atoms with E-state index in [9.17, 15) is 0 Å². The first kappa shape index (κ1) is 14.4. The molecule has 1 heteroatoms. The summed E-state index contributed by atoms with van der Waals surface area (Å²) in [6.07, 6.45) is 2.88. The van der Waals surface area contributed by atoms with E-state index in [2.05, 4.69) is 74.5 Å². The molecule has 25 heavy (non-hydrogen) atoms. The lowest BCUT2D eigenvalue weighted by molar-refractivity contribution is 1.09. The molecule has 0 radical (unpaired) electrons. The zero-order valence-electron chi connectivity index (χ0n) is 14.5. The number of pyridine rings is 1. The minimum absolute atomic E-state index is 0.920. The Balaban J connectivity index is 1.94. The summed E-state index contributed by atoms with van der Waals surface area (Å²) in [5, 5.41) is 2.66. The molecule has 0 saturated heterocycles. The third-order valence-electron chi connectivity index (χ3n) is 5.50. The van der Waals surface area contributed by atoms with Crippen LogP contribution in [0.3, 0.4) is 0 Å². The number of fused-ring (bicyclic) bond motifs is 2. The summed E-state index contributed by atoms with van der Waals surface area (Å²) < 4.78 is 0. The summed E-state index contributed by atoms with van der Waals surface area (Å²) in [5.74, 6) is 0. The minimum atomic E-state index is 0.920. The van der Waals surface area contributed by atoms with Crippen LogP contribution >= 0.6 is 0 Å². The van der Waals surface area contributed by atoms with Crippen molar-refractivity contribution >= 4 is 10.8 Å². The smallest absolute Gasteiger partial charge is 0.0532 e. The number of benzene rings is 3. The third kappa shape index (κ3) is 2.05. The van der Waals surface area contributed by atoms with Crippen molar-refractivity contribution in [2.24, 2.45) is 0 Å². The average molecular weight is 321 g/mol. The van der Waals surface area contributed by atoms with Crippen molar-refractivity contribution in [2.45, 2.75) is 20.3 Å². The van der Waals surface area contributed by atoms with E-state index in [1.807, 2.05) is 6.20 Å². The number of aromatic nitrogens is 1. The van der Waals surface area contributed by atoms with Gasteiger partial charge in [-0.2, -0.15) is 0 Å². The van der Waals surface area contributed by atoms with Crippen LogP contribution in [0.25, 0.3) is 33.0 Å². The highest BCUT2D eigenvalue weighted by Crippen LogP contribution is 2.43. The van der Waals surface area contributed by atoms with Crippen LogP contribution in [0.15, 0.2) is 66.9 Å². The highest BCUT2D eigenvalue weighted by Gasteiger charge is 2.22. The zero-order valence-corrected chi connectivity index (χ0v) is 14.5. The molecule has 5 rings (SSSR count). The molecule has 0 spiro atoms. The third-order valence-corrected chi connectivity index (χ3v) is 5.50. The second-order valence-corrected chi connectivity index (χ2v) is 6.93. The molecule has 0 amide bonds. The van der Waals surface area contributed by atoms with Crippen LogP contribution < -0.4 is 0 Å². The predicted octanol–water partition coefficient (Wildman–Crippen LogP) is 6.09. The van der Waals surface area contributed by atoms with Crippen LogP contribution in [0, 0.1) is 13.8 Å². The summed E-state index contributed by atoms with van der Waals surface area (Å²) in [6, 6.07) is 21.9. The molecule has 1 nitrogen and oxygen atoms in total. The number of hydrogen-bond donors (Lipinski definition) is 0. The molecule has 120 valence electrons. The molecule has 0 aliphatic heterocycles. The van der Waals surface area contributed by atoms with Crippen molar-refractivity contribution in [1.29, 1.82) is 0 Å². The van der Waals surface area contributed by atoms with Crippen LogP contribution in [-0.4, -0.2) is 4.98 Å². The lowest BCUT2D eigenvalue weighted by Crippen LogP contribution is -2.04. The van der Waals surface area contributed by atoms with E-state index in [1.165, 1.54) is 55.4 Å². The largest absolute Gasteiger partial charge is 0.260 e. The lowest BCUT2D eigenvalue weighted by Gasteiger charge is -2.23. The van der Waals surface area contributed by atoms with Crippen molar-refractivity contribution in [3.8, 4) is 22.3 Å². The number of nitrogens with zero attached hydrogens (tertiary/aromatic N) is 1. The van der Waals surface area contributed by atoms with Gasteiger partial charge < -0.3 is 0 Å². The van der Waals surface area contributed by atoms with Crippen LogP contribution in [0.1, 0.15) is 22.4 Å².